The van der Waals surface area contributed by atoms with Crippen LogP contribution < -0.4 is 5.32 Å². The third kappa shape index (κ3) is 3.42. The summed E-state index contributed by atoms with van der Waals surface area (Å²) in [7, 11) is 0. The molecule has 114 valence electrons. The Bertz CT molecular complexity index is 381. The topological polar surface area (TPSA) is 78.9 Å². The summed E-state index contributed by atoms with van der Waals surface area (Å²) in [4.78, 5) is 24.9. The van der Waals surface area contributed by atoms with E-state index in [-0.39, 0.29) is 30.0 Å². The molecule has 6 nitrogen and oxygen atoms in total. The van der Waals surface area contributed by atoms with Crippen molar-refractivity contribution in [1.82, 2.24) is 10.2 Å². The van der Waals surface area contributed by atoms with Crippen molar-refractivity contribution in [3.05, 3.63) is 0 Å². The molecule has 2 fully saturated rings. The summed E-state index contributed by atoms with van der Waals surface area (Å²) < 4.78 is 5.50. The van der Waals surface area contributed by atoms with E-state index in [9.17, 15) is 9.59 Å². The van der Waals surface area contributed by atoms with Crippen molar-refractivity contribution in [2.45, 2.75) is 51.7 Å². The van der Waals surface area contributed by atoms with E-state index in [2.05, 4.69) is 5.32 Å². The van der Waals surface area contributed by atoms with Gasteiger partial charge in [0.2, 0.25) is 0 Å². The highest BCUT2D eigenvalue weighted by atomic mass is 16.5. The molecule has 6 heteroatoms. The zero-order chi connectivity index (χ0) is 14.8. The summed E-state index contributed by atoms with van der Waals surface area (Å²) in [5.41, 5.74) is -0.233. The summed E-state index contributed by atoms with van der Waals surface area (Å²) in [6.07, 6.45) is 3.01. The minimum absolute atomic E-state index is 0.0497. The molecule has 0 radical (unpaired) electrons. The molecule has 1 aliphatic carbocycles. The smallest absolute Gasteiger partial charge is 0.317 e. The van der Waals surface area contributed by atoms with Crippen LogP contribution in [0.5, 0.6) is 0 Å². The molecule has 0 aromatic rings. The minimum atomic E-state index is -0.785. The predicted octanol–water partition coefficient (Wildman–Crippen LogP) is 1.45. The molecule has 0 spiro atoms. The van der Waals surface area contributed by atoms with Gasteiger partial charge in [0.15, 0.2) is 0 Å². The molecule has 1 saturated carbocycles. The second kappa shape index (κ2) is 5.99. The monoisotopic (exact) mass is 284 g/mol. The first-order valence-corrected chi connectivity index (χ1v) is 7.30. The molecule has 1 aliphatic heterocycles. The highest BCUT2D eigenvalue weighted by Crippen LogP contribution is 2.43. The maximum atomic E-state index is 12.2. The van der Waals surface area contributed by atoms with Gasteiger partial charge in [-0.2, -0.15) is 0 Å². The molecule has 2 unspecified atom stereocenters. The number of urea groups is 1. The zero-order valence-electron chi connectivity index (χ0n) is 12.2. The number of nitrogens with one attached hydrogen (secondary N) is 1. The van der Waals surface area contributed by atoms with Crippen LogP contribution in [0.1, 0.15) is 39.5 Å². The number of morpholine rings is 1. The fourth-order valence-corrected chi connectivity index (χ4v) is 2.96. The van der Waals surface area contributed by atoms with Crippen LogP contribution >= 0.6 is 0 Å². The number of hydrogen-bond acceptors (Lipinski definition) is 3. The van der Waals surface area contributed by atoms with E-state index in [4.69, 9.17) is 9.84 Å². The molecular formula is C14H24N2O4. The van der Waals surface area contributed by atoms with Crippen molar-refractivity contribution in [3.8, 4) is 0 Å². The van der Waals surface area contributed by atoms with Crippen LogP contribution in [0, 0.1) is 5.41 Å². The van der Waals surface area contributed by atoms with Crippen molar-refractivity contribution in [2.75, 3.05) is 19.7 Å². The van der Waals surface area contributed by atoms with E-state index in [0.29, 0.717) is 19.7 Å². The molecule has 0 bridgehead atoms. The van der Waals surface area contributed by atoms with E-state index < -0.39 is 5.97 Å². The van der Waals surface area contributed by atoms with Crippen molar-refractivity contribution < 1.29 is 19.4 Å². The second-order valence-corrected chi connectivity index (χ2v) is 6.23. The first-order chi connectivity index (χ1) is 9.42. The minimum Gasteiger partial charge on any atom is -0.481 e. The van der Waals surface area contributed by atoms with E-state index in [1.54, 1.807) is 4.90 Å². The third-order valence-corrected chi connectivity index (χ3v) is 4.42. The predicted molar refractivity (Wildman–Crippen MR) is 73.5 cm³/mol. The number of hydrogen-bond donors (Lipinski definition) is 2. The van der Waals surface area contributed by atoms with Gasteiger partial charge in [-0.15, -0.1) is 0 Å². The molecule has 2 N–H and O–H groups in total. The molecule has 2 rings (SSSR count). The van der Waals surface area contributed by atoms with Crippen LogP contribution in [0.15, 0.2) is 0 Å². The van der Waals surface area contributed by atoms with Gasteiger partial charge in [-0.3, -0.25) is 4.79 Å². The van der Waals surface area contributed by atoms with Gasteiger partial charge in [0.1, 0.15) is 0 Å². The van der Waals surface area contributed by atoms with Crippen molar-refractivity contribution in [1.29, 1.82) is 0 Å². The molecule has 20 heavy (non-hydrogen) atoms. The highest BCUT2D eigenvalue weighted by molar-refractivity contribution is 5.75. The Balaban J connectivity index is 1.86. The number of ether oxygens (including phenoxy) is 1. The van der Waals surface area contributed by atoms with Gasteiger partial charge < -0.3 is 20.1 Å². The lowest BCUT2D eigenvalue weighted by atomic mass is 9.66. The average molecular weight is 284 g/mol. The largest absolute Gasteiger partial charge is 0.481 e. The molecule has 0 aromatic heterocycles. The number of carbonyl (C=O) groups is 2. The SMILES string of the molecule is CC1CN(C(=O)NCC2(CC(=O)O)CCC2)C(C)CO1. The van der Waals surface area contributed by atoms with E-state index in [1.807, 2.05) is 13.8 Å². The Kier molecular flexibility index (Phi) is 4.52. The number of carboxylic acid groups (broad SMARTS) is 1. The number of aliphatic carboxylic acids is 1. The Labute approximate surface area is 119 Å². The van der Waals surface area contributed by atoms with Gasteiger partial charge in [0.25, 0.3) is 0 Å². The normalized spacial score (nSPS) is 28.6. The number of nitrogens with zero attached hydrogens (tertiary/aromatic N) is 1. The van der Waals surface area contributed by atoms with Crippen molar-refractivity contribution in [2.24, 2.45) is 5.41 Å². The van der Waals surface area contributed by atoms with Gasteiger partial charge in [-0.05, 0) is 32.1 Å². The maximum Gasteiger partial charge on any atom is 0.317 e. The second-order valence-electron chi connectivity index (χ2n) is 6.23. The van der Waals surface area contributed by atoms with Crippen LogP contribution in [-0.4, -0.2) is 53.8 Å². The average Bonchev–Trinajstić information content (AvgIpc) is 2.34. The maximum absolute atomic E-state index is 12.2. The lowest BCUT2D eigenvalue weighted by Crippen LogP contribution is -2.55. The van der Waals surface area contributed by atoms with E-state index in [0.717, 1.165) is 19.3 Å². The summed E-state index contributed by atoms with van der Waals surface area (Å²) in [6, 6.07) is -0.0488. The Hall–Kier alpha value is -1.30. The first-order valence-electron chi connectivity index (χ1n) is 7.30. The summed E-state index contributed by atoms with van der Waals surface area (Å²) in [5.74, 6) is -0.785. The lowest BCUT2D eigenvalue weighted by molar-refractivity contribution is -0.141. The Morgan fingerprint density at radius 3 is 2.65 bits per heavy atom. The molecule has 2 aliphatic rings. The van der Waals surface area contributed by atoms with Crippen LogP contribution in [0.2, 0.25) is 0 Å². The fraction of sp³-hybridized carbons (Fsp3) is 0.857. The molecule has 2 atom stereocenters. The fourth-order valence-electron chi connectivity index (χ4n) is 2.96. The van der Waals surface area contributed by atoms with E-state index in [1.165, 1.54) is 0 Å². The third-order valence-electron chi connectivity index (χ3n) is 4.42. The summed E-state index contributed by atoms with van der Waals surface area (Å²) in [6.45, 7) is 5.50. The van der Waals surface area contributed by atoms with Crippen LogP contribution in [0.25, 0.3) is 0 Å². The number of carboxylic acids is 1. The molecule has 1 heterocycles. The Morgan fingerprint density at radius 2 is 2.10 bits per heavy atom. The van der Waals surface area contributed by atoms with Gasteiger partial charge in [-0.1, -0.05) is 6.42 Å². The quantitative estimate of drug-likeness (QED) is 0.819. The van der Waals surface area contributed by atoms with Gasteiger partial charge in [-0.25, -0.2) is 4.79 Å². The lowest BCUT2D eigenvalue weighted by Gasteiger charge is -2.42. The van der Waals surface area contributed by atoms with E-state index >= 15 is 0 Å². The van der Waals surface area contributed by atoms with Gasteiger partial charge in [0.05, 0.1) is 25.2 Å². The molecule has 1 saturated heterocycles. The van der Waals surface area contributed by atoms with Crippen LogP contribution in [0.3, 0.4) is 0 Å². The van der Waals surface area contributed by atoms with Crippen molar-refractivity contribution >= 4 is 12.0 Å². The Morgan fingerprint density at radius 1 is 1.40 bits per heavy atom. The summed E-state index contributed by atoms with van der Waals surface area (Å²) in [5, 5.41) is 11.9. The molecule has 0 aromatic carbocycles. The van der Waals surface area contributed by atoms with Gasteiger partial charge in [0, 0.05) is 13.1 Å². The molecule has 2 amide bonds. The van der Waals surface area contributed by atoms with Crippen LogP contribution in [-0.2, 0) is 9.53 Å². The van der Waals surface area contributed by atoms with Crippen molar-refractivity contribution in [3.63, 3.8) is 0 Å². The zero-order valence-corrected chi connectivity index (χ0v) is 12.2. The number of rotatable bonds is 4. The molecular weight excluding hydrogens is 260 g/mol. The number of amides is 2. The van der Waals surface area contributed by atoms with Gasteiger partial charge >= 0.3 is 12.0 Å². The van der Waals surface area contributed by atoms with Crippen LogP contribution in [0.4, 0.5) is 4.79 Å². The summed E-state index contributed by atoms with van der Waals surface area (Å²) >= 11 is 0. The number of carbonyl (C=O) groups excluding carboxylic acids is 1. The standard InChI is InChI=1S/C14H24N2O4/c1-10-8-20-11(2)7-16(10)13(19)15-9-14(4-3-5-14)6-12(17)18/h10-11H,3-9H2,1-2H3,(H,15,19)(H,17,18). The first kappa shape index (κ1) is 15.1. The highest BCUT2D eigenvalue weighted by Gasteiger charge is 2.40.